The Bertz CT molecular complexity index is 636. The van der Waals surface area contributed by atoms with Crippen molar-refractivity contribution in [3.05, 3.63) is 35.7 Å². The zero-order chi connectivity index (χ0) is 12.8. The lowest BCUT2D eigenvalue weighted by atomic mass is 10.0. The van der Waals surface area contributed by atoms with Crippen molar-refractivity contribution in [2.75, 3.05) is 18.7 Å². The van der Waals surface area contributed by atoms with Gasteiger partial charge in [-0.1, -0.05) is 6.07 Å². The van der Waals surface area contributed by atoms with Gasteiger partial charge >= 0.3 is 0 Å². The highest BCUT2D eigenvalue weighted by molar-refractivity contribution is 5.46. The highest BCUT2D eigenvalue weighted by atomic mass is 16.7. The number of hydrogen-bond donors (Lipinski definition) is 1. The van der Waals surface area contributed by atoms with Crippen molar-refractivity contribution < 1.29 is 9.47 Å². The molecule has 1 unspecified atom stereocenters. The van der Waals surface area contributed by atoms with Crippen molar-refractivity contribution in [3.8, 4) is 11.5 Å². The van der Waals surface area contributed by atoms with E-state index < -0.39 is 0 Å². The van der Waals surface area contributed by atoms with E-state index in [-0.39, 0.29) is 0 Å². The molecule has 19 heavy (non-hydrogen) atoms. The van der Waals surface area contributed by atoms with Crippen molar-refractivity contribution in [3.63, 3.8) is 0 Å². The van der Waals surface area contributed by atoms with E-state index in [2.05, 4.69) is 33.2 Å². The maximum absolute atomic E-state index is 5.46. The Labute approximate surface area is 111 Å². The summed E-state index contributed by atoms with van der Waals surface area (Å²) in [4.78, 5) is 4.50. The van der Waals surface area contributed by atoms with E-state index in [1.165, 1.54) is 5.56 Å². The number of imidazole rings is 1. The smallest absolute Gasteiger partial charge is 0.231 e. The summed E-state index contributed by atoms with van der Waals surface area (Å²) < 4.78 is 13.0. The zero-order valence-electron chi connectivity index (χ0n) is 10.7. The minimum absolute atomic E-state index is 0.312. The first-order valence-corrected chi connectivity index (χ1v) is 6.50. The number of fused-ring (bicyclic) bond motifs is 2. The predicted molar refractivity (Wildman–Crippen MR) is 70.8 cm³/mol. The van der Waals surface area contributed by atoms with E-state index in [0.717, 1.165) is 36.1 Å². The summed E-state index contributed by atoms with van der Waals surface area (Å²) in [5.74, 6) is 2.63. The first kappa shape index (κ1) is 10.7. The maximum Gasteiger partial charge on any atom is 0.231 e. The molecule has 5 nitrogen and oxygen atoms in total. The Balaban J connectivity index is 1.77. The van der Waals surface area contributed by atoms with Gasteiger partial charge in [-0.05, 0) is 31.0 Å². The monoisotopic (exact) mass is 257 g/mol. The van der Waals surface area contributed by atoms with Gasteiger partial charge in [0, 0.05) is 12.7 Å². The second kappa shape index (κ2) is 3.91. The van der Waals surface area contributed by atoms with E-state index in [1.54, 1.807) is 0 Å². The van der Waals surface area contributed by atoms with Gasteiger partial charge in [-0.3, -0.25) is 0 Å². The van der Waals surface area contributed by atoms with Crippen LogP contribution in [0.25, 0.3) is 0 Å². The minimum Gasteiger partial charge on any atom is -0.454 e. The minimum atomic E-state index is 0.312. The fourth-order valence-corrected chi connectivity index (χ4v) is 2.79. The van der Waals surface area contributed by atoms with Crippen molar-refractivity contribution in [2.45, 2.75) is 19.4 Å². The molecule has 1 aromatic heterocycles. The third-order valence-corrected chi connectivity index (χ3v) is 3.67. The number of rotatable bonds is 1. The molecule has 1 atom stereocenters. The number of hydrogen-bond acceptors (Lipinski definition) is 4. The molecule has 0 aliphatic carbocycles. The first-order chi connectivity index (χ1) is 9.31. The van der Waals surface area contributed by atoms with Gasteiger partial charge in [0.25, 0.3) is 0 Å². The molecule has 2 aromatic rings. The van der Waals surface area contributed by atoms with Crippen LogP contribution in [0.15, 0.2) is 24.4 Å². The molecule has 5 heteroatoms. The van der Waals surface area contributed by atoms with Gasteiger partial charge in [0.15, 0.2) is 11.5 Å². The van der Waals surface area contributed by atoms with Crippen molar-refractivity contribution in [2.24, 2.45) is 0 Å². The van der Waals surface area contributed by atoms with Crippen LogP contribution in [-0.4, -0.2) is 22.9 Å². The average Bonchev–Trinajstić information content (AvgIpc) is 3.01. The van der Waals surface area contributed by atoms with E-state index in [4.69, 9.17) is 9.47 Å². The molecule has 4 rings (SSSR count). The van der Waals surface area contributed by atoms with Crippen molar-refractivity contribution in [1.82, 2.24) is 9.55 Å². The summed E-state index contributed by atoms with van der Waals surface area (Å²) >= 11 is 0. The summed E-state index contributed by atoms with van der Waals surface area (Å²) in [6, 6.07) is 6.50. The summed E-state index contributed by atoms with van der Waals surface area (Å²) in [6.07, 6.45) is 3.14. The summed E-state index contributed by atoms with van der Waals surface area (Å²) in [5.41, 5.74) is 2.28. The third-order valence-electron chi connectivity index (χ3n) is 3.67. The highest BCUT2D eigenvalue weighted by Gasteiger charge is 2.24. The number of anilines is 1. The van der Waals surface area contributed by atoms with Crippen LogP contribution >= 0.6 is 0 Å². The molecule has 3 heterocycles. The molecule has 0 radical (unpaired) electrons. The molecule has 2 aliphatic rings. The molecular weight excluding hydrogens is 242 g/mol. The van der Waals surface area contributed by atoms with Gasteiger partial charge in [-0.15, -0.1) is 0 Å². The Morgan fingerprint density at radius 3 is 3.16 bits per heavy atom. The number of aromatic nitrogens is 2. The Morgan fingerprint density at radius 1 is 1.32 bits per heavy atom. The molecule has 0 saturated heterocycles. The molecule has 0 amide bonds. The molecule has 2 aliphatic heterocycles. The Hall–Kier alpha value is -2.17. The van der Waals surface area contributed by atoms with Crippen LogP contribution in [0.4, 0.5) is 5.95 Å². The van der Waals surface area contributed by atoms with Gasteiger partial charge < -0.3 is 19.4 Å². The van der Waals surface area contributed by atoms with Crippen LogP contribution in [0.3, 0.4) is 0 Å². The van der Waals surface area contributed by atoms with Crippen LogP contribution in [0.5, 0.6) is 11.5 Å². The third kappa shape index (κ3) is 1.65. The molecule has 0 bridgehead atoms. The SMILES string of the molecule is Cc1cn2c(n1)NCCC2c1ccc2c(c1)OCO2. The predicted octanol–water partition coefficient (Wildman–Crippen LogP) is 2.33. The van der Waals surface area contributed by atoms with E-state index in [9.17, 15) is 0 Å². The molecule has 0 saturated carbocycles. The van der Waals surface area contributed by atoms with E-state index in [1.807, 2.05) is 13.0 Å². The first-order valence-electron chi connectivity index (χ1n) is 6.50. The van der Waals surface area contributed by atoms with Crippen molar-refractivity contribution >= 4 is 5.95 Å². The van der Waals surface area contributed by atoms with E-state index in [0.29, 0.717) is 12.8 Å². The van der Waals surface area contributed by atoms with Gasteiger partial charge in [0.2, 0.25) is 12.7 Å². The lowest BCUT2D eigenvalue weighted by Gasteiger charge is -2.26. The molecule has 1 N–H and O–H groups in total. The highest BCUT2D eigenvalue weighted by Crippen LogP contribution is 2.37. The summed E-state index contributed by atoms with van der Waals surface area (Å²) in [5, 5.41) is 3.33. The van der Waals surface area contributed by atoms with Gasteiger partial charge in [-0.2, -0.15) is 0 Å². The molecule has 98 valence electrons. The second-order valence-electron chi connectivity index (χ2n) is 4.96. The van der Waals surface area contributed by atoms with Crippen molar-refractivity contribution in [1.29, 1.82) is 0 Å². The quantitative estimate of drug-likeness (QED) is 0.851. The van der Waals surface area contributed by atoms with Gasteiger partial charge in [0.05, 0.1) is 11.7 Å². The van der Waals surface area contributed by atoms with Gasteiger partial charge in [0.1, 0.15) is 0 Å². The zero-order valence-corrected chi connectivity index (χ0v) is 10.7. The number of nitrogens with one attached hydrogen (secondary N) is 1. The van der Waals surface area contributed by atoms with E-state index >= 15 is 0 Å². The number of aryl methyl sites for hydroxylation is 1. The lowest BCUT2D eigenvalue weighted by molar-refractivity contribution is 0.174. The molecule has 0 fully saturated rings. The number of ether oxygens (including phenoxy) is 2. The van der Waals surface area contributed by atoms with Crippen LogP contribution in [-0.2, 0) is 0 Å². The fourth-order valence-electron chi connectivity index (χ4n) is 2.79. The average molecular weight is 257 g/mol. The molecule has 1 aromatic carbocycles. The molecular formula is C14H15N3O2. The summed E-state index contributed by atoms with van der Waals surface area (Å²) in [6.45, 7) is 3.28. The second-order valence-corrected chi connectivity index (χ2v) is 4.96. The molecule has 0 spiro atoms. The largest absolute Gasteiger partial charge is 0.454 e. The topological polar surface area (TPSA) is 48.3 Å². The Morgan fingerprint density at radius 2 is 2.21 bits per heavy atom. The normalized spacial score (nSPS) is 19.9. The van der Waals surface area contributed by atoms with Gasteiger partial charge in [-0.25, -0.2) is 4.98 Å². The number of nitrogens with zero attached hydrogens (tertiary/aromatic N) is 2. The van der Waals surface area contributed by atoms with Crippen LogP contribution in [0.1, 0.15) is 23.7 Å². The standard InChI is InChI=1S/C14H15N3O2/c1-9-7-17-11(4-5-15-14(17)16-9)10-2-3-12-13(6-10)19-8-18-12/h2-3,6-7,11H,4-5,8H2,1H3,(H,15,16). The number of benzene rings is 1. The van der Waals surface area contributed by atoms with Crippen LogP contribution in [0.2, 0.25) is 0 Å². The maximum atomic E-state index is 5.46. The summed E-state index contributed by atoms with van der Waals surface area (Å²) in [7, 11) is 0. The van der Waals surface area contributed by atoms with Crippen LogP contribution in [0, 0.1) is 6.92 Å². The fraction of sp³-hybridized carbons (Fsp3) is 0.357. The Kier molecular flexibility index (Phi) is 2.21. The van der Waals surface area contributed by atoms with Crippen LogP contribution < -0.4 is 14.8 Å². The lowest BCUT2D eigenvalue weighted by Crippen LogP contribution is -2.23.